The van der Waals surface area contributed by atoms with Crippen molar-refractivity contribution < 1.29 is 0 Å². The first-order valence-electron chi connectivity index (χ1n) is 8.28. The van der Waals surface area contributed by atoms with E-state index in [0.717, 1.165) is 50.8 Å². The molecule has 3 rings (SSSR count). The number of piperazine rings is 1. The second-order valence-corrected chi connectivity index (χ2v) is 5.67. The molecule has 2 N–H and O–H groups in total. The van der Waals surface area contributed by atoms with Crippen LogP contribution < -0.4 is 10.6 Å². The van der Waals surface area contributed by atoms with Crippen molar-refractivity contribution in [2.45, 2.75) is 6.42 Å². The van der Waals surface area contributed by atoms with Crippen molar-refractivity contribution in [3.05, 3.63) is 66.2 Å². The first kappa shape index (κ1) is 15.6. The average Bonchev–Trinajstić information content (AvgIpc) is 2.63. The maximum atomic E-state index is 4.84. The van der Waals surface area contributed by atoms with Gasteiger partial charge in [0.15, 0.2) is 5.96 Å². The monoisotopic (exact) mass is 308 g/mol. The molecule has 1 fully saturated rings. The minimum Gasteiger partial charge on any atom is -0.340 e. The van der Waals surface area contributed by atoms with Gasteiger partial charge in [0, 0.05) is 38.4 Å². The maximum absolute atomic E-state index is 4.84. The third kappa shape index (κ3) is 4.83. The zero-order chi connectivity index (χ0) is 15.7. The molecule has 1 aliphatic rings. The summed E-state index contributed by atoms with van der Waals surface area (Å²) in [5.74, 6) is 0.980. The van der Waals surface area contributed by atoms with E-state index in [1.54, 1.807) is 0 Å². The number of benzene rings is 2. The van der Waals surface area contributed by atoms with Crippen LogP contribution in [-0.4, -0.2) is 43.6 Å². The Kier molecular flexibility index (Phi) is 5.64. The summed E-state index contributed by atoms with van der Waals surface area (Å²) in [5, 5.41) is 6.87. The minimum absolute atomic E-state index is 0.795. The van der Waals surface area contributed by atoms with Crippen LogP contribution in [0, 0.1) is 0 Å². The quantitative estimate of drug-likeness (QED) is 0.674. The highest BCUT2D eigenvalue weighted by Gasteiger charge is 2.14. The van der Waals surface area contributed by atoms with Crippen molar-refractivity contribution in [3.63, 3.8) is 0 Å². The fourth-order valence-corrected chi connectivity index (χ4v) is 2.68. The lowest BCUT2D eigenvalue weighted by Gasteiger charge is -2.30. The summed E-state index contributed by atoms with van der Waals surface area (Å²) < 4.78 is 0. The minimum atomic E-state index is 0.795. The van der Waals surface area contributed by atoms with Crippen LogP contribution in [0.5, 0.6) is 0 Å². The van der Waals surface area contributed by atoms with Gasteiger partial charge in [-0.25, -0.2) is 0 Å². The molecule has 0 unspecified atom stereocenters. The van der Waals surface area contributed by atoms with Crippen molar-refractivity contribution >= 4 is 11.6 Å². The lowest BCUT2D eigenvalue weighted by Crippen LogP contribution is -2.48. The number of hydrogen-bond acceptors (Lipinski definition) is 2. The molecule has 2 aromatic rings. The van der Waals surface area contributed by atoms with Gasteiger partial charge >= 0.3 is 0 Å². The Labute approximate surface area is 138 Å². The second kappa shape index (κ2) is 8.34. The highest BCUT2D eigenvalue weighted by atomic mass is 15.3. The molecule has 0 aliphatic carbocycles. The Morgan fingerprint density at radius 3 is 2.30 bits per heavy atom. The van der Waals surface area contributed by atoms with E-state index in [4.69, 9.17) is 4.99 Å². The largest absolute Gasteiger partial charge is 0.340 e. The van der Waals surface area contributed by atoms with Crippen LogP contribution in [0.3, 0.4) is 0 Å². The number of guanidine groups is 1. The highest BCUT2D eigenvalue weighted by molar-refractivity contribution is 5.93. The topological polar surface area (TPSA) is 39.7 Å². The first-order valence-corrected chi connectivity index (χ1v) is 8.28. The number of aliphatic imine (C=N–C) groups is 1. The molecule has 1 aliphatic heterocycles. The van der Waals surface area contributed by atoms with Crippen LogP contribution in [0.1, 0.15) is 5.56 Å². The predicted molar refractivity (Wildman–Crippen MR) is 97.0 cm³/mol. The van der Waals surface area contributed by atoms with E-state index in [-0.39, 0.29) is 0 Å². The summed E-state index contributed by atoms with van der Waals surface area (Å²) in [6.07, 6.45) is 0.965. The Balaban J connectivity index is 1.67. The van der Waals surface area contributed by atoms with Gasteiger partial charge in [0.2, 0.25) is 0 Å². The zero-order valence-electron chi connectivity index (χ0n) is 13.4. The SMILES string of the molecule is c1ccc(CCN=C(Nc2ccccc2)N2CCNCC2)cc1. The summed E-state index contributed by atoms with van der Waals surface area (Å²) >= 11 is 0. The molecular formula is C19H24N4. The van der Waals surface area contributed by atoms with E-state index in [2.05, 4.69) is 58.0 Å². The molecule has 0 amide bonds. The Hall–Kier alpha value is -2.33. The molecule has 1 heterocycles. The van der Waals surface area contributed by atoms with Crippen LogP contribution >= 0.6 is 0 Å². The third-order valence-electron chi connectivity index (χ3n) is 3.95. The lowest BCUT2D eigenvalue weighted by atomic mass is 10.2. The normalized spacial score (nSPS) is 15.5. The standard InChI is InChI=1S/C19H24N4/c1-3-7-17(8-4-1)11-12-21-19(23-15-13-20-14-16-23)22-18-9-5-2-6-10-18/h1-10,20H,11-16H2,(H,21,22). The van der Waals surface area contributed by atoms with Gasteiger partial charge in [-0.3, -0.25) is 4.99 Å². The van der Waals surface area contributed by atoms with Gasteiger partial charge in [-0.1, -0.05) is 48.5 Å². The molecule has 4 heteroatoms. The summed E-state index contributed by atoms with van der Waals surface area (Å²) in [7, 11) is 0. The molecule has 2 aromatic carbocycles. The van der Waals surface area contributed by atoms with E-state index in [1.165, 1.54) is 5.56 Å². The maximum Gasteiger partial charge on any atom is 0.198 e. The molecule has 0 atom stereocenters. The van der Waals surface area contributed by atoms with Gasteiger partial charge in [0.1, 0.15) is 0 Å². The molecule has 1 saturated heterocycles. The smallest absolute Gasteiger partial charge is 0.198 e. The molecule has 120 valence electrons. The summed E-state index contributed by atoms with van der Waals surface area (Å²) in [6.45, 7) is 4.79. The van der Waals surface area contributed by atoms with Crippen molar-refractivity contribution in [3.8, 4) is 0 Å². The summed E-state index contributed by atoms with van der Waals surface area (Å²) in [5.41, 5.74) is 2.42. The van der Waals surface area contributed by atoms with E-state index in [1.807, 2.05) is 18.2 Å². The molecule has 4 nitrogen and oxygen atoms in total. The van der Waals surface area contributed by atoms with Crippen LogP contribution in [0.15, 0.2) is 65.7 Å². The van der Waals surface area contributed by atoms with Gasteiger partial charge in [-0.2, -0.15) is 0 Å². The zero-order valence-corrected chi connectivity index (χ0v) is 13.4. The fourth-order valence-electron chi connectivity index (χ4n) is 2.68. The number of nitrogens with zero attached hydrogens (tertiary/aromatic N) is 2. The Morgan fingerprint density at radius 1 is 0.957 bits per heavy atom. The number of rotatable bonds is 4. The van der Waals surface area contributed by atoms with Gasteiger partial charge in [-0.15, -0.1) is 0 Å². The Morgan fingerprint density at radius 2 is 1.61 bits per heavy atom. The molecule has 0 saturated carbocycles. The lowest BCUT2D eigenvalue weighted by molar-refractivity contribution is 0.355. The molecule has 23 heavy (non-hydrogen) atoms. The van der Waals surface area contributed by atoms with Gasteiger partial charge < -0.3 is 15.5 Å². The molecule has 0 spiro atoms. The van der Waals surface area contributed by atoms with Gasteiger partial charge in [0.25, 0.3) is 0 Å². The van der Waals surface area contributed by atoms with Crippen molar-refractivity contribution in [1.82, 2.24) is 10.2 Å². The van der Waals surface area contributed by atoms with Crippen molar-refractivity contribution in [2.75, 3.05) is 38.0 Å². The number of anilines is 1. The van der Waals surface area contributed by atoms with E-state index in [0.29, 0.717) is 0 Å². The Bertz CT molecular complexity index is 604. The molecule has 0 aromatic heterocycles. The van der Waals surface area contributed by atoms with Crippen molar-refractivity contribution in [2.24, 2.45) is 4.99 Å². The van der Waals surface area contributed by atoms with Gasteiger partial charge in [0.05, 0.1) is 0 Å². The summed E-state index contributed by atoms with van der Waals surface area (Å²) in [6, 6.07) is 20.8. The van der Waals surface area contributed by atoms with Crippen LogP contribution in [0.2, 0.25) is 0 Å². The van der Waals surface area contributed by atoms with Crippen LogP contribution in [-0.2, 0) is 6.42 Å². The second-order valence-electron chi connectivity index (χ2n) is 5.67. The first-order chi connectivity index (χ1) is 11.4. The molecule has 0 radical (unpaired) electrons. The van der Waals surface area contributed by atoms with Crippen LogP contribution in [0.25, 0.3) is 0 Å². The predicted octanol–water partition coefficient (Wildman–Crippen LogP) is 2.60. The van der Waals surface area contributed by atoms with E-state index >= 15 is 0 Å². The van der Waals surface area contributed by atoms with E-state index in [9.17, 15) is 0 Å². The number of nitrogens with one attached hydrogen (secondary N) is 2. The fraction of sp³-hybridized carbons (Fsp3) is 0.316. The average molecular weight is 308 g/mol. The third-order valence-corrected chi connectivity index (χ3v) is 3.95. The van der Waals surface area contributed by atoms with Gasteiger partial charge in [-0.05, 0) is 24.1 Å². The highest BCUT2D eigenvalue weighted by Crippen LogP contribution is 2.08. The van der Waals surface area contributed by atoms with Crippen molar-refractivity contribution in [1.29, 1.82) is 0 Å². The van der Waals surface area contributed by atoms with Crippen LogP contribution in [0.4, 0.5) is 5.69 Å². The summed E-state index contributed by atoms with van der Waals surface area (Å²) in [4.78, 5) is 7.17. The van der Waals surface area contributed by atoms with E-state index < -0.39 is 0 Å². The number of hydrogen-bond donors (Lipinski definition) is 2. The molecule has 0 bridgehead atoms. The molecular weight excluding hydrogens is 284 g/mol. The number of para-hydroxylation sites is 1.